The van der Waals surface area contributed by atoms with Crippen molar-refractivity contribution in [3.8, 4) is 0 Å². The third-order valence-electron chi connectivity index (χ3n) is 4.08. The molecule has 1 amide bonds. The number of anilines is 1. The van der Waals surface area contributed by atoms with E-state index in [1.54, 1.807) is 25.1 Å². The van der Waals surface area contributed by atoms with Gasteiger partial charge in [0, 0.05) is 15.7 Å². The maximum atomic E-state index is 13.2. The zero-order valence-corrected chi connectivity index (χ0v) is 15.9. The number of rotatable bonds is 3. The number of carbonyl (C=O) groups excluding carboxylic acids is 2. The van der Waals surface area contributed by atoms with Crippen molar-refractivity contribution in [2.75, 3.05) is 12.0 Å². The number of methoxy groups -OCH3 is 1. The molecule has 0 unspecified atom stereocenters. The van der Waals surface area contributed by atoms with E-state index in [1.165, 1.54) is 42.4 Å². The van der Waals surface area contributed by atoms with Crippen molar-refractivity contribution in [2.45, 2.75) is 6.92 Å². The van der Waals surface area contributed by atoms with Crippen LogP contribution < -0.4 is 4.90 Å². The molecular formula is C20H14Cl2FNO3. The largest absolute Gasteiger partial charge is 0.465 e. The Balaban J connectivity index is 2.15. The number of amides is 1. The summed E-state index contributed by atoms with van der Waals surface area (Å²) in [5, 5.41) is 0.711. The van der Waals surface area contributed by atoms with Crippen LogP contribution in [0.5, 0.6) is 0 Å². The van der Waals surface area contributed by atoms with Crippen LogP contribution >= 0.6 is 23.2 Å². The van der Waals surface area contributed by atoms with Crippen LogP contribution in [-0.4, -0.2) is 19.0 Å². The van der Waals surface area contributed by atoms with Crippen molar-refractivity contribution in [3.63, 3.8) is 0 Å². The summed E-state index contributed by atoms with van der Waals surface area (Å²) in [6.45, 7) is 1.63. The molecule has 0 bridgehead atoms. The second-order valence-electron chi connectivity index (χ2n) is 5.83. The van der Waals surface area contributed by atoms with E-state index in [2.05, 4.69) is 0 Å². The molecule has 0 spiro atoms. The molecule has 1 aliphatic heterocycles. The van der Waals surface area contributed by atoms with E-state index in [4.69, 9.17) is 27.9 Å². The molecule has 27 heavy (non-hydrogen) atoms. The molecule has 0 aromatic heterocycles. The first-order valence-electron chi connectivity index (χ1n) is 7.89. The molecule has 0 fully saturated rings. The second-order valence-corrected chi connectivity index (χ2v) is 6.70. The van der Waals surface area contributed by atoms with E-state index >= 15 is 0 Å². The zero-order chi connectivity index (χ0) is 19.7. The van der Waals surface area contributed by atoms with Gasteiger partial charge in [-0.25, -0.2) is 9.18 Å². The highest BCUT2D eigenvalue weighted by Gasteiger charge is 2.38. The number of esters is 1. The number of hydrogen-bond acceptors (Lipinski definition) is 3. The van der Waals surface area contributed by atoms with Crippen molar-refractivity contribution in [3.05, 3.63) is 80.7 Å². The van der Waals surface area contributed by atoms with Gasteiger partial charge in [0.05, 0.1) is 23.9 Å². The second kappa shape index (κ2) is 7.55. The first-order valence-corrected chi connectivity index (χ1v) is 8.65. The van der Waals surface area contributed by atoms with E-state index in [9.17, 15) is 14.0 Å². The highest BCUT2D eigenvalue weighted by atomic mass is 35.5. The van der Waals surface area contributed by atoms with Gasteiger partial charge in [0.1, 0.15) is 5.82 Å². The van der Waals surface area contributed by atoms with E-state index in [-0.39, 0.29) is 11.1 Å². The molecule has 1 heterocycles. The first kappa shape index (κ1) is 19.1. The Labute approximate surface area is 165 Å². The molecule has 0 N–H and O–H groups in total. The third kappa shape index (κ3) is 3.75. The van der Waals surface area contributed by atoms with Crippen LogP contribution in [0.3, 0.4) is 0 Å². The Morgan fingerprint density at radius 3 is 2.26 bits per heavy atom. The van der Waals surface area contributed by atoms with Gasteiger partial charge in [0.25, 0.3) is 5.91 Å². The molecular weight excluding hydrogens is 392 g/mol. The van der Waals surface area contributed by atoms with E-state index < -0.39 is 17.7 Å². The number of ether oxygens (including phenoxy) is 1. The monoisotopic (exact) mass is 405 g/mol. The predicted octanol–water partition coefficient (Wildman–Crippen LogP) is 5.01. The standard InChI is InChI=1S/C20H14Cl2FNO3/c1-11-18(20(26)27-2)17(7-12-3-5-15(23)6-4-12)19(25)24(11)16-9-13(21)8-14(22)10-16/h3-10H,1-2H3. The number of nitrogens with zero attached hydrogens (tertiary/aromatic N) is 1. The summed E-state index contributed by atoms with van der Waals surface area (Å²) in [7, 11) is 1.24. The topological polar surface area (TPSA) is 46.6 Å². The van der Waals surface area contributed by atoms with Crippen molar-refractivity contribution < 1.29 is 18.7 Å². The Hall–Kier alpha value is -2.63. The minimum absolute atomic E-state index is 0.128. The zero-order valence-electron chi connectivity index (χ0n) is 14.4. The molecule has 0 radical (unpaired) electrons. The molecule has 7 heteroatoms. The average Bonchev–Trinajstić information content (AvgIpc) is 2.85. The number of carbonyl (C=O) groups is 2. The maximum absolute atomic E-state index is 13.2. The summed E-state index contributed by atoms with van der Waals surface area (Å²) < 4.78 is 18.0. The summed E-state index contributed by atoms with van der Waals surface area (Å²) in [5.74, 6) is -1.48. The quantitative estimate of drug-likeness (QED) is 0.532. The Bertz CT molecular complexity index is 977. The fraction of sp³-hybridized carbons (Fsp3) is 0.100. The molecule has 0 saturated carbocycles. The van der Waals surface area contributed by atoms with Crippen LogP contribution in [-0.2, 0) is 14.3 Å². The fourth-order valence-electron chi connectivity index (χ4n) is 2.88. The van der Waals surface area contributed by atoms with Crippen molar-refractivity contribution >= 4 is 46.8 Å². The van der Waals surface area contributed by atoms with Crippen LogP contribution in [0.15, 0.2) is 59.3 Å². The summed E-state index contributed by atoms with van der Waals surface area (Å²) in [6, 6.07) is 10.3. The molecule has 0 atom stereocenters. The molecule has 2 aromatic carbocycles. The summed E-state index contributed by atoms with van der Waals surface area (Å²) >= 11 is 12.1. The van der Waals surface area contributed by atoms with Gasteiger partial charge in [0.2, 0.25) is 0 Å². The van der Waals surface area contributed by atoms with Crippen molar-refractivity contribution in [1.29, 1.82) is 0 Å². The van der Waals surface area contributed by atoms with Crippen LogP contribution in [0.4, 0.5) is 10.1 Å². The van der Waals surface area contributed by atoms with Gasteiger partial charge in [-0.1, -0.05) is 35.3 Å². The van der Waals surface area contributed by atoms with Gasteiger partial charge in [-0.15, -0.1) is 0 Å². The van der Waals surface area contributed by atoms with Crippen molar-refractivity contribution in [2.24, 2.45) is 0 Å². The minimum atomic E-state index is -0.648. The van der Waals surface area contributed by atoms with E-state index in [0.29, 0.717) is 27.0 Å². The van der Waals surface area contributed by atoms with Crippen LogP contribution in [0.1, 0.15) is 12.5 Å². The van der Waals surface area contributed by atoms with Crippen LogP contribution in [0.2, 0.25) is 10.0 Å². The molecule has 4 nitrogen and oxygen atoms in total. The normalized spacial score (nSPS) is 15.7. The first-order chi connectivity index (χ1) is 12.8. The number of halogens is 3. The summed E-state index contributed by atoms with van der Waals surface area (Å²) in [6.07, 6.45) is 1.52. The van der Waals surface area contributed by atoms with Gasteiger partial charge in [-0.3, -0.25) is 9.69 Å². The van der Waals surface area contributed by atoms with Gasteiger partial charge < -0.3 is 4.74 Å². The van der Waals surface area contributed by atoms with E-state index in [1.807, 2.05) is 0 Å². The van der Waals surface area contributed by atoms with Gasteiger partial charge in [-0.2, -0.15) is 0 Å². The van der Waals surface area contributed by atoms with Crippen LogP contribution in [0, 0.1) is 5.82 Å². The summed E-state index contributed by atoms with van der Waals surface area (Å²) in [4.78, 5) is 26.8. The smallest absolute Gasteiger partial charge is 0.340 e. The lowest BCUT2D eigenvalue weighted by Gasteiger charge is -2.18. The predicted molar refractivity (Wildman–Crippen MR) is 103 cm³/mol. The highest BCUT2D eigenvalue weighted by Crippen LogP contribution is 2.37. The number of benzene rings is 2. The lowest BCUT2D eigenvalue weighted by molar-refractivity contribution is -0.136. The molecule has 3 rings (SSSR count). The molecule has 1 aliphatic rings. The summed E-state index contributed by atoms with van der Waals surface area (Å²) in [5.41, 5.74) is 1.65. The minimum Gasteiger partial charge on any atom is -0.465 e. The molecule has 0 aliphatic carbocycles. The van der Waals surface area contributed by atoms with Gasteiger partial charge in [0.15, 0.2) is 0 Å². The highest BCUT2D eigenvalue weighted by molar-refractivity contribution is 6.35. The maximum Gasteiger partial charge on any atom is 0.340 e. The molecule has 2 aromatic rings. The molecule has 138 valence electrons. The lowest BCUT2D eigenvalue weighted by Crippen LogP contribution is -2.24. The van der Waals surface area contributed by atoms with Gasteiger partial charge >= 0.3 is 5.97 Å². The van der Waals surface area contributed by atoms with Crippen molar-refractivity contribution in [1.82, 2.24) is 0 Å². The lowest BCUT2D eigenvalue weighted by atomic mass is 10.0. The Kier molecular flexibility index (Phi) is 5.35. The number of hydrogen-bond donors (Lipinski definition) is 0. The number of allylic oxidation sites excluding steroid dienone is 1. The Morgan fingerprint density at radius 1 is 1.11 bits per heavy atom. The third-order valence-corrected chi connectivity index (χ3v) is 4.51. The fourth-order valence-corrected chi connectivity index (χ4v) is 3.40. The van der Waals surface area contributed by atoms with Gasteiger partial charge in [-0.05, 0) is 48.9 Å². The van der Waals surface area contributed by atoms with Crippen LogP contribution in [0.25, 0.3) is 6.08 Å². The Morgan fingerprint density at radius 2 is 1.70 bits per heavy atom. The average molecular weight is 406 g/mol. The van der Waals surface area contributed by atoms with E-state index in [0.717, 1.165) is 0 Å². The molecule has 0 saturated heterocycles. The SMILES string of the molecule is COC(=O)C1=C(C)N(c2cc(Cl)cc(Cl)c2)C(=O)C1=Cc1ccc(F)cc1.